The first kappa shape index (κ1) is 14.6. The van der Waals surface area contributed by atoms with Crippen molar-refractivity contribution in [1.82, 2.24) is 5.32 Å². The van der Waals surface area contributed by atoms with Crippen molar-refractivity contribution in [2.24, 2.45) is 5.92 Å². The highest BCUT2D eigenvalue weighted by Crippen LogP contribution is 2.15. The Morgan fingerprint density at radius 3 is 2.59 bits per heavy atom. The van der Waals surface area contributed by atoms with Gasteiger partial charge in [-0.1, -0.05) is 45.7 Å². The van der Waals surface area contributed by atoms with Gasteiger partial charge in [0.2, 0.25) is 0 Å². The van der Waals surface area contributed by atoms with Crippen LogP contribution in [0.5, 0.6) is 0 Å². The molecule has 0 aliphatic rings. The van der Waals surface area contributed by atoms with Gasteiger partial charge in [-0.25, -0.2) is 4.39 Å². The maximum atomic E-state index is 13.1. The van der Waals surface area contributed by atoms with Gasteiger partial charge in [-0.05, 0) is 24.1 Å². The summed E-state index contributed by atoms with van der Waals surface area (Å²) in [6, 6.07) is 4.13. The summed E-state index contributed by atoms with van der Waals surface area (Å²) >= 11 is 6.63. The topological polar surface area (TPSA) is 29.1 Å². The first-order valence-electron chi connectivity index (χ1n) is 5.28. The number of carbonyl (C=O) groups is 1. The second kappa shape index (κ2) is 6.50. The van der Waals surface area contributed by atoms with Crippen molar-refractivity contribution in [3.05, 3.63) is 34.1 Å². The van der Waals surface area contributed by atoms with Crippen LogP contribution in [0.2, 0.25) is 0 Å². The van der Waals surface area contributed by atoms with Gasteiger partial charge in [0.1, 0.15) is 5.82 Å². The van der Waals surface area contributed by atoms with E-state index in [0.29, 0.717) is 22.5 Å². The van der Waals surface area contributed by atoms with Crippen LogP contribution in [0.4, 0.5) is 4.39 Å². The van der Waals surface area contributed by atoms with E-state index in [0.717, 1.165) is 0 Å². The maximum absolute atomic E-state index is 13.1. The van der Waals surface area contributed by atoms with E-state index in [9.17, 15) is 9.18 Å². The monoisotopic (exact) mass is 365 g/mol. The molecule has 0 heterocycles. The van der Waals surface area contributed by atoms with Crippen LogP contribution in [0.25, 0.3) is 0 Å². The Balaban J connectivity index is 2.64. The molecule has 0 aliphatic heterocycles. The molecule has 1 aromatic rings. The quantitative estimate of drug-likeness (QED) is 0.808. The average molecular weight is 367 g/mol. The lowest BCUT2D eigenvalue weighted by atomic mass is 10.1. The number of halogens is 3. The fourth-order valence-electron chi connectivity index (χ4n) is 1.21. The van der Waals surface area contributed by atoms with Gasteiger partial charge in [-0.3, -0.25) is 4.79 Å². The molecule has 0 aromatic heterocycles. The molecule has 0 radical (unpaired) electrons. The molecule has 0 saturated heterocycles. The summed E-state index contributed by atoms with van der Waals surface area (Å²) in [6.07, 6.45) is 0. The van der Waals surface area contributed by atoms with E-state index in [1.165, 1.54) is 12.1 Å². The van der Waals surface area contributed by atoms with Crippen LogP contribution in [0.15, 0.2) is 22.7 Å². The standard InChI is InChI=1S/C12H14Br2FNO/c1-7(2)11(14)6-16-12(17)8-3-9(13)5-10(15)4-8/h3-5,7,11H,6H2,1-2H3,(H,16,17). The summed E-state index contributed by atoms with van der Waals surface area (Å²) in [4.78, 5) is 12.0. The lowest BCUT2D eigenvalue weighted by molar-refractivity contribution is 0.0952. The number of amides is 1. The van der Waals surface area contributed by atoms with Crippen molar-refractivity contribution in [2.75, 3.05) is 6.54 Å². The molecular formula is C12H14Br2FNO. The predicted molar refractivity (Wildman–Crippen MR) is 74.0 cm³/mol. The summed E-state index contributed by atoms with van der Waals surface area (Å²) < 4.78 is 13.7. The second-order valence-corrected chi connectivity index (χ2v) is 6.22. The summed E-state index contributed by atoms with van der Waals surface area (Å²) in [5.74, 6) is -0.270. The van der Waals surface area contributed by atoms with Crippen molar-refractivity contribution < 1.29 is 9.18 Å². The number of nitrogens with one attached hydrogen (secondary N) is 1. The zero-order valence-corrected chi connectivity index (χ0v) is 12.8. The lowest BCUT2D eigenvalue weighted by Gasteiger charge is -2.14. The number of benzene rings is 1. The molecule has 1 aromatic carbocycles. The van der Waals surface area contributed by atoms with Gasteiger partial charge in [-0.2, -0.15) is 0 Å². The third-order valence-corrected chi connectivity index (χ3v) is 4.14. The molecule has 0 bridgehead atoms. The van der Waals surface area contributed by atoms with Gasteiger partial charge in [-0.15, -0.1) is 0 Å². The predicted octanol–water partition coefficient (Wildman–Crippen LogP) is 3.74. The molecule has 0 aliphatic carbocycles. The molecule has 0 saturated carbocycles. The van der Waals surface area contributed by atoms with Crippen molar-refractivity contribution in [3.63, 3.8) is 0 Å². The highest BCUT2D eigenvalue weighted by molar-refractivity contribution is 9.10. The summed E-state index contributed by atoms with van der Waals surface area (Å²) in [5, 5.41) is 2.76. The molecule has 5 heteroatoms. The van der Waals surface area contributed by atoms with E-state index in [4.69, 9.17) is 0 Å². The summed E-state index contributed by atoms with van der Waals surface area (Å²) in [6.45, 7) is 4.64. The molecule has 0 fully saturated rings. The van der Waals surface area contributed by atoms with Crippen LogP contribution in [-0.4, -0.2) is 17.3 Å². The maximum Gasteiger partial charge on any atom is 0.251 e. The second-order valence-electron chi connectivity index (χ2n) is 4.13. The lowest BCUT2D eigenvalue weighted by Crippen LogP contribution is -2.31. The molecule has 1 N–H and O–H groups in total. The number of carbonyl (C=O) groups excluding carboxylic acids is 1. The van der Waals surface area contributed by atoms with Crippen molar-refractivity contribution in [1.29, 1.82) is 0 Å². The average Bonchev–Trinajstić information content (AvgIpc) is 2.23. The van der Waals surface area contributed by atoms with Crippen LogP contribution in [-0.2, 0) is 0 Å². The Hall–Kier alpha value is -0.420. The molecule has 1 rings (SSSR count). The van der Waals surface area contributed by atoms with Gasteiger partial charge in [0.05, 0.1) is 0 Å². The summed E-state index contributed by atoms with van der Waals surface area (Å²) in [7, 11) is 0. The SMILES string of the molecule is CC(C)C(Br)CNC(=O)c1cc(F)cc(Br)c1. The minimum atomic E-state index is -0.427. The molecule has 2 nitrogen and oxygen atoms in total. The Labute approximate surface area is 117 Å². The normalized spacial score (nSPS) is 12.6. The van der Waals surface area contributed by atoms with Crippen LogP contribution in [0.1, 0.15) is 24.2 Å². The highest BCUT2D eigenvalue weighted by Gasteiger charge is 2.12. The number of hydrogen-bond acceptors (Lipinski definition) is 1. The van der Waals surface area contributed by atoms with Crippen molar-refractivity contribution >= 4 is 37.8 Å². The minimum Gasteiger partial charge on any atom is -0.351 e. The molecule has 17 heavy (non-hydrogen) atoms. The number of alkyl halides is 1. The van der Waals surface area contributed by atoms with E-state index in [2.05, 4.69) is 51.0 Å². The van der Waals surface area contributed by atoms with Crippen molar-refractivity contribution in [2.45, 2.75) is 18.7 Å². The zero-order chi connectivity index (χ0) is 13.0. The summed E-state index contributed by atoms with van der Waals surface area (Å²) in [5.41, 5.74) is 0.320. The minimum absolute atomic E-state index is 0.212. The number of hydrogen-bond donors (Lipinski definition) is 1. The van der Waals surface area contributed by atoms with Gasteiger partial charge < -0.3 is 5.32 Å². The van der Waals surface area contributed by atoms with Gasteiger partial charge in [0.15, 0.2) is 0 Å². The van der Waals surface area contributed by atoms with Gasteiger partial charge >= 0.3 is 0 Å². The molecule has 0 spiro atoms. The largest absolute Gasteiger partial charge is 0.351 e. The molecule has 1 atom stereocenters. The smallest absolute Gasteiger partial charge is 0.251 e. The van der Waals surface area contributed by atoms with E-state index in [1.807, 2.05) is 0 Å². The van der Waals surface area contributed by atoms with Crippen molar-refractivity contribution in [3.8, 4) is 0 Å². The third kappa shape index (κ3) is 4.76. The van der Waals surface area contributed by atoms with Gasteiger partial charge in [0, 0.05) is 21.4 Å². The van der Waals surface area contributed by atoms with E-state index in [-0.39, 0.29) is 10.7 Å². The van der Waals surface area contributed by atoms with E-state index >= 15 is 0 Å². The van der Waals surface area contributed by atoms with Gasteiger partial charge in [0.25, 0.3) is 5.91 Å². The molecule has 1 amide bonds. The Kier molecular flexibility index (Phi) is 5.59. The Bertz CT molecular complexity index is 389. The highest BCUT2D eigenvalue weighted by atomic mass is 79.9. The zero-order valence-electron chi connectivity index (χ0n) is 9.64. The van der Waals surface area contributed by atoms with Crippen LogP contribution >= 0.6 is 31.9 Å². The fourth-order valence-corrected chi connectivity index (χ4v) is 1.84. The molecule has 1 unspecified atom stereocenters. The van der Waals surface area contributed by atoms with Crippen LogP contribution in [0, 0.1) is 11.7 Å². The Morgan fingerprint density at radius 2 is 2.06 bits per heavy atom. The van der Waals surface area contributed by atoms with E-state index in [1.54, 1.807) is 6.07 Å². The number of rotatable bonds is 4. The Morgan fingerprint density at radius 1 is 1.41 bits per heavy atom. The van der Waals surface area contributed by atoms with Crippen LogP contribution < -0.4 is 5.32 Å². The van der Waals surface area contributed by atoms with E-state index < -0.39 is 5.82 Å². The first-order chi connectivity index (χ1) is 7.90. The molecular weight excluding hydrogens is 353 g/mol. The molecule has 94 valence electrons. The first-order valence-corrected chi connectivity index (χ1v) is 6.99. The van der Waals surface area contributed by atoms with Crippen LogP contribution in [0.3, 0.4) is 0 Å². The fraction of sp³-hybridized carbons (Fsp3) is 0.417. The third-order valence-electron chi connectivity index (χ3n) is 2.31.